The van der Waals surface area contributed by atoms with Crippen LogP contribution in [0.4, 0.5) is 4.79 Å². The van der Waals surface area contributed by atoms with E-state index < -0.39 is 27.6 Å². The fraction of sp³-hybridized carbons (Fsp3) is 0.667. The Hall–Kier alpha value is -2.11. The molecule has 6 rings (SSSR count). The topological polar surface area (TPSA) is 99.8 Å². The number of piperidine rings is 2. The van der Waals surface area contributed by atoms with Crippen LogP contribution in [-0.4, -0.2) is 60.7 Å². The Bertz CT molecular complexity index is 1530. The summed E-state index contributed by atoms with van der Waals surface area (Å²) in [4.78, 5) is 14.3. The average molecular weight is 713 g/mol. The standard InChI is InChI=1S/C22H34N2O3S.C17H26N2OS/c1-20(2,3)27-19(25)24-13-11-22(12-14-24)15-16-9-7-8-10-17(16)18(22)23-28(26)21(4,5)6;1-16(2,3)21(20)19-15-14-7-5-4-6-13(14)12-17(15)8-10-18-11-9-17/h7-10,18,23H,11-15H2,1-6H3;4-7,15,18-19H,8-12H2,1-3H3/t18-,28-;15-,21-/m11/s1. The molecule has 0 unspecified atom stereocenters. The predicted octanol–water partition coefficient (Wildman–Crippen LogP) is 7.06. The lowest BCUT2D eigenvalue weighted by Crippen LogP contribution is -2.49. The Labute approximate surface area is 300 Å². The van der Waals surface area contributed by atoms with Gasteiger partial charge in [0, 0.05) is 13.1 Å². The van der Waals surface area contributed by atoms with Gasteiger partial charge in [-0.2, -0.15) is 0 Å². The number of benzene rings is 2. The van der Waals surface area contributed by atoms with Gasteiger partial charge in [0.15, 0.2) is 0 Å². The molecule has 272 valence electrons. The van der Waals surface area contributed by atoms with Crippen molar-refractivity contribution in [3.8, 4) is 0 Å². The number of amides is 1. The molecule has 2 aromatic carbocycles. The van der Waals surface area contributed by atoms with E-state index in [2.05, 4.69) is 63.3 Å². The fourth-order valence-corrected chi connectivity index (χ4v) is 9.73. The molecular weight excluding hydrogens is 653 g/mol. The van der Waals surface area contributed by atoms with Crippen LogP contribution in [-0.2, 0) is 39.5 Å². The van der Waals surface area contributed by atoms with Gasteiger partial charge in [-0.1, -0.05) is 48.5 Å². The molecule has 2 heterocycles. The van der Waals surface area contributed by atoms with E-state index in [4.69, 9.17) is 4.74 Å². The zero-order valence-electron chi connectivity index (χ0n) is 31.2. The third-order valence-electron chi connectivity index (χ3n) is 10.6. The lowest BCUT2D eigenvalue weighted by Gasteiger charge is -2.44. The summed E-state index contributed by atoms with van der Waals surface area (Å²) in [5.74, 6) is 0. The van der Waals surface area contributed by atoms with Gasteiger partial charge < -0.3 is 15.0 Å². The smallest absolute Gasteiger partial charge is 0.410 e. The minimum absolute atomic E-state index is 0.0108. The second-order valence-corrected chi connectivity index (χ2v) is 21.6. The first-order valence-corrected chi connectivity index (χ1v) is 20.3. The minimum Gasteiger partial charge on any atom is -0.444 e. The summed E-state index contributed by atoms with van der Waals surface area (Å²) < 4.78 is 37.5. The van der Waals surface area contributed by atoms with E-state index >= 15 is 0 Å². The van der Waals surface area contributed by atoms with Crippen LogP contribution in [0.2, 0.25) is 0 Å². The highest BCUT2D eigenvalue weighted by atomic mass is 32.2. The highest BCUT2D eigenvalue weighted by Gasteiger charge is 2.50. The quantitative estimate of drug-likeness (QED) is 0.316. The SMILES string of the molecule is CC(C)(C)OC(=O)N1CCC2(CC1)Cc1ccccc1[C@H]2N[S@](=O)C(C)(C)C.CC(C)(C)[S@@](=O)N[C@@H]1c2ccccc2CC12CCNCC2. The Balaban J connectivity index is 0.000000199. The van der Waals surface area contributed by atoms with E-state index in [1.54, 1.807) is 0 Å². The lowest BCUT2D eigenvalue weighted by molar-refractivity contribution is 0.00723. The molecule has 0 bridgehead atoms. The number of fused-ring (bicyclic) bond motifs is 2. The van der Waals surface area contributed by atoms with Crippen molar-refractivity contribution >= 4 is 28.1 Å². The number of hydrogen-bond acceptors (Lipinski definition) is 5. The highest BCUT2D eigenvalue weighted by Crippen LogP contribution is 2.53. The molecule has 10 heteroatoms. The summed E-state index contributed by atoms with van der Waals surface area (Å²) in [6.07, 6.45) is 5.90. The maximum absolute atomic E-state index is 12.9. The van der Waals surface area contributed by atoms with Crippen molar-refractivity contribution in [3.05, 3.63) is 70.8 Å². The summed E-state index contributed by atoms with van der Waals surface area (Å²) in [5.41, 5.74) is 5.12. The molecule has 0 aromatic heterocycles. The third-order valence-corrected chi connectivity index (χ3v) is 13.7. The molecular formula is C39H60N4O4S2. The highest BCUT2D eigenvalue weighted by molar-refractivity contribution is 7.84. The second-order valence-electron chi connectivity index (χ2n) is 17.6. The monoisotopic (exact) mass is 712 g/mol. The van der Waals surface area contributed by atoms with E-state index in [9.17, 15) is 13.2 Å². The number of rotatable bonds is 4. The maximum Gasteiger partial charge on any atom is 0.410 e. The number of ether oxygens (including phenoxy) is 1. The molecule has 2 spiro atoms. The summed E-state index contributed by atoms with van der Waals surface area (Å²) in [7, 11) is -2.18. The summed E-state index contributed by atoms with van der Waals surface area (Å²) in [6, 6.07) is 17.4. The van der Waals surface area contributed by atoms with Gasteiger partial charge in [-0.3, -0.25) is 0 Å². The molecule has 4 aliphatic rings. The number of carbonyl (C=O) groups excluding carboxylic acids is 1. The zero-order valence-corrected chi connectivity index (χ0v) is 32.9. The van der Waals surface area contributed by atoms with Crippen LogP contribution in [0.25, 0.3) is 0 Å². The van der Waals surface area contributed by atoms with Crippen molar-refractivity contribution in [1.29, 1.82) is 0 Å². The first kappa shape index (κ1) is 38.1. The fourth-order valence-electron chi connectivity index (χ4n) is 7.84. The number of carbonyl (C=O) groups is 1. The molecule has 4 atom stereocenters. The molecule has 1 amide bonds. The average Bonchev–Trinajstić information content (AvgIpc) is 3.47. The van der Waals surface area contributed by atoms with Crippen molar-refractivity contribution < 1.29 is 17.9 Å². The molecule has 0 radical (unpaired) electrons. The molecule has 2 aliphatic heterocycles. The molecule has 8 nitrogen and oxygen atoms in total. The van der Waals surface area contributed by atoms with Crippen molar-refractivity contribution in [2.45, 2.75) is 128 Å². The number of nitrogens with zero attached hydrogens (tertiary/aromatic N) is 1. The summed E-state index contributed by atoms with van der Waals surface area (Å²) >= 11 is 0. The molecule has 2 fully saturated rings. The predicted molar refractivity (Wildman–Crippen MR) is 202 cm³/mol. The van der Waals surface area contributed by atoms with Gasteiger partial charge in [-0.25, -0.2) is 22.7 Å². The summed E-state index contributed by atoms with van der Waals surface area (Å²) in [6.45, 7) is 21.2. The Morgan fingerprint density at radius 1 is 0.714 bits per heavy atom. The van der Waals surface area contributed by atoms with Gasteiger partial charge in [0.2, 0.25) is 0 Å². The number of hydrogen-bond donors (Lipinski definition) is 3. The Kier molecular flexibility index (Phi) is 11.3. The second kappa shape index (κ2) is 14.5. The third kappa shape index (κ3) is 8.68. The van der Waals surface area contributed by atoms with Gasteiger partial charge in [-0.15, -0.1) is 0 Å². The molecule has 2 saturated heterocycles. The maximum atomic E-state index is 12.9. The Morgan fingerprint density at radius 2 is 1.12 bits per heavy atom. The minimum atomic E-state index is -1.15. The normalized spacial score (nSPS) is 24.1. The number of nitrogens with one attached hydrogen (secondary N) is 3. The van der Waals surface area contributed by atoms with Crippen molar-refractivity contribution in [3.63, 3.8) is 0 Å². The molecule has 49 heavy (non-hydrogen) atoms. The first-order chi connectivity index (χ1) is 22.8. The molecule has 0 saturated carbocycles. The van der Waals surface area contributed by atoms with E-state index in [1.807, 2.05) is 67.2 Å². The lowest BCUT2D eigenvalue weighted by atomic mass is 9.73. The van der Waals surface area contributed by atoms with E-state index in [0.29, 0.717) is 13.1 Å². The number of likely N-dealkylation sites (tertiary alicyclic amines) is 1. The van der Waals surface area contributed by atoms with Crippen LogP contribution in [0.5, 0.6) is 0 Å². The van der Waals surface area contributed by atoms with Crippen LogP contribution in [0.1, 0.15) is 122 Å². The van der Waals surface area contributed by atoms with Gasteiger partial charge in [-0.05, 0) is 147 Å². The van der Waals surface area contributed by atoms with Gasteiger partial charge in [0.1, 0.15) is 5.60 Å². The molecule has 3 N–H and O–H groups in total. The van der Waals surface area contributed by atoms with Crippen molar-refractivity contribution in [1.82, 2.24) is 19.7 Å². The van der Waals surface area contributed by atoms with Crippen LogP contribution < -0.4 is 14.8 Å². The van der Waals surface area contributed by atoms with Crippen LogP contribution >= 0.6 is 0 Å². The molecule has 2 aliphatic carbocycles. The van der Waals surface area contributed by atoms with Gasteiger partial charge >= 0.3 is 6.09 Å². The van der Waals surface area contributed by atoms with Crippen LogP contribution in [0.3, 0.4) is 0 Å². The van der Waals surface area contributed by atoms with Gasteiger partial charge in [0.05, 0.1) is 43.5 Å². The largest absolute Gasteiger partial charge is 0.444 e. The van der Waals surface area contributed by atoms with Crippen LogP contribution in [0.15, 0.2) is 48.5 Å². The summed E-state index contributed by atoms with van der Waals surface area (Å²) in [5, 5.41) is 3.46. The zero-order chi connectivity index (χ0) is 35.8. The molecule has 2 aromatic rings. The van der Waals surface area contributed by atoms with E-state index in [0.717, 1.165) is 51.6 Å². The Morgan fingerprint density at radius 3 is 1.53 bits per heavy atom. The first-order valence-electron chi connectivity index (χ1n) is 18.0. The van der Waals surface area contributed by atoms with Crippen LogP contribution in [0, 0.1) is 10.8 Å². The van der Waals surface area contributed by atoms with Crippen molar-refractivity contribution in [2.75, 3.05) is 26.2 Å². The van der Waals surface area contributed by atoms with Gasteiger partial charge in [0.25, 0.3) is 0 Å². The van der Waals surface area contributed by atoms with Crippen molar-refractivity contribution in [2.24, 2.45) is 10.8 Å². The van der Waals surface area contributed by atoms with E-state index in [1.165, 1.54) is 22.3 Å². The van der Waals surface area contributed by atoms with E-state index in [-0.39, 0.29) is 38.5 Å².